The summed E-state index contributed by atoms with van der Waals surface area (Å²) < 4.78 is 80.7. The summed E-state index contributed by atoms with van der Waals surface area (Å²) in [6, 6.07) is 26.1. The van der Waals surface area contributed by atoms with E-state index in [0.717, 1.165) is 35.6 Å². The molecule has 0 aliphatic carbocycles. The summed E-state index contributed by atoms with van der Waals surface area (Å²) in [6.07, 6.45) is -6.41. The van der Waals surface area contributed by atoms with Crippen molar-refractivity contribution in [3.63, 3.8) is 0 Å². The second-order valence-corrected chi connectivity index (χ2v) is 12.9. The number of carbonyl (C=O) groups is 2. The van der Waals surface area contributed by atoms with E-state index in [2.05, 4.69) is 50.7 Å². The molecule has 324 valence electrons. The maximum absolute atomic E-state index is 12.2. The molecule has 0 radical (unpaired) electrons. The van der Waals surface area contributed by atoms with Gasteiger partial charge >= 0.3 is 24.8 Å². The first-order chi connectivity index (χ1) is 29.5. The van der Waals surface area contributed by atoms with Gasteiger partial charge < -0.3 is 40.5 Å². The zero-order chi connectivity index (χ0) is 44.9. The number of hydrogen-bond donors (Lipinski definition) is 4. The average Bonchev–Trinajstić information content (AvgIpc) is 3.20. The largest absolute Gasteiger partial charge is 0.573 e. The fraction of sp³-hybridized carbons (Fsp3) is 0.150. The fourth-order valence-corrected chi connectivity index (χ4v) is 5.71. The second kappa shape index (κ2) is 21.0. The Morgan fingerprint density at radius 1 is 0.516 bits per heavy atom. The van der Waals surface area contributed by atoms with E-state index >= 15 is 0 Å². The molecule has 14 nitrogen and oxygen atoms in total. The predicted molar refractivity (Wildman–Crippen MR) is 224 cm³/mol. The van der Waals surface area contributed by atoms with E-state index in [1.807, 2.05) is 23.6 Å². The molecule has 0 bridgehead atoms. The van der Waals surface area contributed by atoms with E-state index in [1.54, 1.807) is 73.1 Å². The third-order valence-corrected chi connectivity index (χ3v) is 8.34. The van der Waals surface area contributed by atoms with Gasteiger partial charge in [0.15, 0.2) is 0 Å². The number of alkyl halides is 6. The number of aromatic nitrogens is 4. The number of anilines is 8. The summed E-state index contributed by atoms with van der Waals surface area (Å²) in [5.41, 5.74) is 3.33. The number of urea groups is 2. The maximum Gasteiger partial charge on any atom is 0.573 e. The average molecular weight is 904 g/mol. The van der Waals surface area contributed by atoms with Gasteiger partial charge in [-0.2, -0.15) is 0 Å². The molecule has 0 aliphatic heterocycles. The number of amides is 4. The quantitative estimate of drug-likeness (QED) is 0.0688. The molecule has 0 fully saturated rings. The summed E-state index contributed by atoms with van der Waals surface area (Å²) >= 11 is 11.7. The van der Waals surface area contributed by atoms with Crippen LogP contribution in [0.1, 0.15) is 13.8 Å². The lowest BCUT2D eigenvalue weighted by atomic mass is 10.2. The molecule has 2 aromatic heterocycles. The maximum atomic E-state index is 12.2. The van der Waals surface area contributed by atoms with Crippen molar-refractivity contribution in [2.24, 2.45) is 0 Å². The van der Waals surface area contributed by atoms with Gasteiger partial charge in [0, 0.05) is 59.6 Å². The number of rotatable bonds is 12. The molecule has 22 heteroatoms. The Morgan fingerprint density at radius 2 is 0.806 bits per heavy atom. The molecule has 0 unspecified atom stereocenters. The van der Waals surface area contributed by atoms with Crippen LogP contribution in [0.3, 0.4) is 0 Å². The Hall–Kier alpha value is -7.06. The summed E-state index contributed by atoms with van der Waals surface area (Å²) in [6.45, 7) is 5.19. The molecule has 0 spiro atoms. The lowest BCUT2D eigenvalue weighted by molar-refractivity contribution is -0.275. The SMILES string of the molecule is CCN(c1ccc(NC(=O)Nc2ccc(OC(F)(F)F)cc2)cc1)c1ccnc(Cl)n1.CCN(c1ccc(NC(=O)Nc2ccc(OC(F)(F)F)cc2)cc1)c1ccnc(Cl)n1. The normalized spacial score (nSPS) is 11.0. The van der Waals surface area contributed by atoms with Gasteiger partial charge in [0.05, 0.1) is 0 Å². The molecular weight excluding hydrogens is 869 g/mol. The molecule has 62 heavy (non-hydrogen) atoms. The van der Waals surface area contributed by atoms with E-state index in [9.17, 15) is 35.9 Å². The first-order valence-electron chi connectivity index (χ1n) is 18.1. The highest BCUT2D eigenvalue weighted by atomic mass is 35.5. The smallest absolute Gasteiger partial charge is 0.406 e. The zero-order valence-electron chi connectivity index (χ0n) is 32.3. The van der Waals surface area contributed by atoms with Crippen molar-refractivity contribution in [2.75, 3.05) is 44.2 Å². The van der Waals surface area contributed by atoms with Crippen molar-refractivity contribution in [3.8, 4) is 11.5 Å². The zero-order valence-corrected chi connectivity index (χ0v) is 33.8. The number of nitrogens with one attached hydrogen (secondary N) is 4. The summed E-state index contributed by atoms with van der Waals surface area (Å²) in [5, 5.41) is 10.6. The Morgan fingerprint density at radius 3 is 1.06 bits per heavy atom. The van der Waals surface area contributed by atoms with Crippen molar-refractivity contribution in [2.45, 2.75) is 26.6 Å². The Kier molecular flexibility index (Phi) is 15.6. The molecule has 6 aromatic rings. The van der Waals surface area contributed by atoms with Gasteiger partial charge in [-0.05, 0) is 146 Å². The van der Waals surface area contributed by atoms with Crippen LogP contribution in [-0.4, -0.2) is 57.8 Å². The molecule has 0 aliphatic rings. The number of hydrogen-bond acceptors (Lipinski definition) is 10. The van der Waals surface area contributed by atoms with Crippen LogP contribution in [0.4, 0.5) is 81.7 Å². The third kappa shape index (κ3) is 14.6. The number of ether oxygens (including phenoxy) is 2. The summed E-state index contributed by atoms with van der Waals surface area (Å²) in [4.78, 5) is 44.3. The lowest BCUT2D eigenvalue weighted by Gasteiger charge is -2.22. The second-order valence-electron chi connectivity index (χ2n) is 12.3. The molecule has 0 atom stereocenters. The van der Waals surface area contributed by atoms with Crippen LogP contribution >= 0.6 is 23.2 Å². The van der Waals surface area contributed by atoms with Crippen molar-refractivity contribution >= 4 is 81.0 Å². The molecule has 2 heterocycles. The first-order valence-corrected chi connectivity index (χ1v) is 18.8. The van der Waals surface area contributed by atoms with Gasteiger partial charge in [0.2, 0.25) is 10.6 Å². The topological polar surface area (TPSA) is 159 Å². The van der Waals surface area contributed by atoms with Crippen molar-refractivity contribution in [1.82, 2.24) is 19.9 Å². The Bertz CT molecular complexity index is 2230. The van der Waals surface area contributed by atoms with Crippen LogP contribution in [0.5, 0.6) is 11.5 Å². The molecule has 0 saturated carbocycles. The predicted octanol–water partition coefficient (Wildman–Crippen LogP) is 11.7. The first kappa shape index (κ1) is 46.0. The number of carbonyl (C=O) groups excluding carboxylic acids is 2. The van der Waals surface area contributed by atoms with Gasteiger partial charge in [-0.25, -0.2) is 29.5 Å². The van der Waals surface area contributed by atoms with Gasteiger partial charge in [-0.3, -0.25) is 0 Å². The van der Waals surface area contributed by atoms with Crippen molar-refractivity contribution < 1.29 is 45.4 Å². The Balaban J connectivity index is 0.000000234. The van der Waals surface area contributed by atoms with Crippen molar-refractivity contribution in [3.05, 3.63) is 132 Å². The third-order valence-electron chi connectivity index (χ3n) is 7.97. The minimum Gasteiger partial charge on any atom is -0.406 e. The van der Waals surface area contributed by atoms with Crippen molar-refractivity contribution in [1.29, 1.82) is 0 Å². The van der Waals surface area contributed by atoms with Crippen LogP contribution < -0.4 is 40.5 Å². The Labute approximate surface area is 359 Å². The highest BCUT2D eigenvalue weighted by Gasteiger charge is 2.31. The standard InChI is InChI=1S/2C20H17ClF3N5O2/c2*1-2-29(17-11-12-25-18(21)28-17)15-7-3-13(4-8-15)26-19(30)27-14-5-9-16(10-6-14)31-20(22,23)24/h2*3-12H,2H2,1H3,(H2,26,27,30). The summed E-state index contributed by atoms with van der Waals surface area (Å²) in [7, 11) is 0. The summed E-state index contributed by atoms with van der Waals surface area (Å²) in [5.74, 6) is 0.525. The monoisotopic (exact) mass is 902 g/mol. The molecule has 6 rings (SSSR count). The molecule has 4 amide bonds. The van der Waals surface area contributed by atoms with Crippen LogP contribution in [0.25, 0.3) is 0 Å². The van der Waals surface area contributed by atoms with E-state index in [0.29, 0.717) is 47.5 Å². The molecule has 0 saturated heterocycles. The van der Waals surface area contributed by atoms with E-state index in [1.165, 1.54) is 24.3 Å². The van der Waals surface area contributed by atoms with Gasteiger partial charge in [0.25, 0.3) is 0 Å². The van der Waals surface area contributed by atoms with E-state index < -0.39 is 24.8 Å². The molecular formula is C40H34Cl2F6N10O4. The van der Waals surface area contributed by atoms with Crippen LogP contribution in [0, 0.1) is 0 Å². The van der Waals surface area contributed by atoms with E-state index in [-0.39, 0.29) is 22.1 Å². The highest BCUT2D eigenvalue weighted by molar-refractivity contribution is 6.28. The van der Waals surface area contributed by atoms with Gasteiger partial charge in [0.1, 0.15) is 23.1 Å². The minimum atomic E-state index is -4.77. The lowest BCUT2D eigenvalue weighted by Crippen LogP contribution is -2.20. The fourth-order valence-electron chi connectivity index (χ4n) is 5.42. The van der Waals surface area contributed by atoms with Gasteiger partial charge in [-0.1, -0.05) is 0 Å². The molecule has 4 aromatic carbocycles. The van der Waals surface area contributed by atoms with Crippen LogP contribution in [0.2, 0.25) is 10.6 Å². The van der Waals surface area contributed by atoms with Gasteiger partial charge in [-0.15, -0.1) is 26.3 Å². The highest BCUT2D eigenvalue weighted by Crippen LogP contribution is 2.29. The number of benzene rings is 4. The number of nitrogens with zero attached hydrogens (tertiary/aromatic N) is 6. The van der Waals surface area contributed by atoms with E-state index in [4.69, 9.17) is 23.2 Å². The minimum absolute atomic E-state index is 0.143. The molecule has 4 N–H and O–H groups in total. The van der Waals surface area contributed by atoms with Crippen LogP contribution in [-0.2, 0) is 0 Å². The number of halogens is 8. The van der Waals surface area contributed by atoms with Crippen LogP contribution in [0.15, 0.2) is 122 Å².